The average molecular weight is 400 g/mol. The van der Waals surface area contributed by atoms with Gasteiger partial charge in [-0.3, -0.25) is 10.1 Å². The van der Waals surface area contributed by atoms with E-state index in [2.05, 4.69) is 5.32 Å². The summed E-state index contributed by atoms with van der Waals surface area (Å²) in [6, 6.07) is 16.9. The fraction of sp³-hybridized carbons (Fsp3) is 0.381. The zero-order valence-corrected chi connectivity index (χ0v) is 16.8. The van der Waals surface area contributed by atoms with E-state index in [1.54, 1.807) is 12.1 Å². The van der Waals surface area contributed by atoms with Gasteiger partial charge in [-0.15, -0.1) is 0 Å². The van der Waals surface area contributed by atoms with Crippen LogP contribution in [0.25, 0.3) is 0 Å². The maximum absolute atomic E-state index is 13.0. The van der Waals surface area contributed by atoms with Gasteiger partial charge in [-0.05, 0) is 37.5 Å². The lowest BCUT2D eigenvalue weighted by atomic mass is 9.96. The monoisotopic (exact) mass is 399 g/mol. The summed E-state index contributed by atoms with van der Waals surface area (Å²) in [4.78, 5) is 14.7. The van der Waals surface area contributed by atoms with E-state index in [9.17, 15) is 13.2 Å². The summed E-state index contributed by atoms with van der Waals surface area (Å²) in [5.74, 6) is 0.0682. The lowest BCUT2D eigenvalue weighted by molar-refractivity contribution is -0.132. The Bertz CT molecular complexity index is 950. The SMILES string of the molecule is Cc1ccc(S(=O)(=O)N2CCC3(CC2)NCC(=O)N3Cc2ccccc2)cc1. The molecule has 28 heavy (non-hydrogen) atoms. The molecule has 2 saturated heterocycles. The molecule has 1 spiro atoms. The summed E-state index contributed by atoms with van der Waals surface area (Å²) in [5.41, 5.74) is 1.64. The second-order valence-electron chi connectivity index (χ2n) is 7.57. The Morgan fingerprint density at radius 3 is 2.29 bits per heavy atom. The van der Waals surface area contributed by atoms with Crippen LogP contribution in [-0.4, -0.2) is 48.8 Å². The number of carbonyl (C=O) groups is 1. The Hall–Kier alpha value is -2.22. The highest BCUT2D eigenvalue weighted by molar-refractivity contribution is 7.89. The van der Waals surface area contributed by atoms with Crippen molar-refractivity contribution < 1.29 is 13.2 Å². The van der Waals surface area contributed by atoms with Crippen LogP contribution in [0.4, 0.5) is 0 Å². The fourth-order valence-corrected chi connectivity index (χ4v) is 5.52. The third-order valence-corrected chi connectivity index (χ3v) is 7.69. The van der Waals surface area contributed by atoms with Gasteiger partial charge in [-0.2, -0.15) is 4.31 Å². The normalized spacial score (nSPS) is 20.0. The molecule has 2 heterocycles. The summed E-state index contributed by atoms with van der Waals surface area (Å²) in [7, 11) is -3.51. The van der Waals surface area contributed by atoms with E-state index in [1.165, 1.54) is 4.31 Å². The number of rotatable bonds is 4. The molecule has 1 N–H and O–H groups in total. The Balaban J connectivity index is 1.50. The zero-order chi connectivity index (χ0) is 19.8. The molecule has 0 radical (unpaired) electrons. The van der Waals surface area contributed by atoms with Crippen molar-refractivity contribution in [2.24, 2.45) is 0 Å². The van der Waals surface area contributed by atoms with Gasteiger partial charge in [0.1, 0.15) is 0 Å². The van der Waals surface area contributed by atoms with Crippen LogP contribution in [0.1, 0.15) is 24.0 Å². The van der Waals surface area contributed by atoms with Crippen molar-refractivity contribution in [3.05, 3.63) is 65.7 Å². The highest BCUT2D eigenvalue weighted by Crippen LogP contribution is 2.33. The second-order valence-corrected chi connectivity index (χ2v) is 9.51. The van der Waals surface area contributed by atoms with E-state index in [4.69, 9.17) is 0 Å². The Kier molecular flexibility index (Phi) is 4.99. The minimum absolute atomic E-state index is 0.0682. The number of nitrogens with zero attached hydrogens (tertiary/aromatic N) is 2. The largest absolute Gasteiger partial charge is 0.319 e. The van der Waals surface area contributed by atoms with Crippen molar-refractivity contribution in [1.29, 1.82) is 0 Å². The van der Waals surface area contributed by atoms with Gasteiger partial charge < -0.3 is 4.90 Å². The standard InChI is InChI=1S/C21H25N3O3S/c1-17-7-9-19(10-8-17)28(26,27)23-13-11-21(12-14-23)22-15-20(25)24(21)16-18-5-3-2-4-6-18/h2-10,22H,11-16H2,1H3. The van der Waals surface area contributed by atoms with E-state index in [1.807, 2.05) is 54.3 Å². The number of piperidine rings is 1. The van der Waals surface area contributed by atoms with Crippen LogP contribution in [0.3, 0.4) is 0 Å². The van der Waals surface area contributed by atoms with Crippen LogP contribution in [0, 0.1) is 6.92 Å². The van der Waals surface area contributed by atoms with Gasteiger partial charge in [0.2, 0.25) is 15.9 Å². The van der Waals surface area contributed by atoms with E-state index < -0.39 is 15.7 Å². The van der Waals surface area contributed by atoms with Crippen molar-refractivity contribution in [3.63, 3.8) is 0 Å². The summed E-state index contributed by atoms with van der Waals surface area (Å²) >= 11 is 0. The summed E-state index contributed by atoms with van der Waals surface area (Å²) in [5, 5.41) is 3.37. The Labute approximate surface area is 166 Å². The molecule has 0 aliphatic carbocycles. The van der Waals surface area contributed by atoms with Gasteiger partial charge >= 0.3 is 0 Å². The molecule has 0 unspecified atom stereocenters. The lowest BCUT2D eigenvalue weighted by Gasteiger charge is -2.44. The molecule has 6 nitrogen and oxygen atoms in total. The molecule has 0 saturated carbocycles. The zero-order valence-electron chi connectivity index (χ0n) is 16.0. The molecular formula is C21H25N3O3S. The first-order chi connectivity index (χ1) is 13.4. The Morgan fingerprint density at radius 1 is 1.00 bits per heavy atom. The molecular weight excluding hydrogens is 374 g/mol. The molecule has 0 aromatic heterocycles. The van der Waals surface area contributed by atoms with Gasteiger partial charge in [0.15, 0.2) is 0 Å². The molecule has 2 aromatic carbocycles. The number of carbonyl (C=O) groups excluding carboxylic acids is 1. The highest BCUT2D eigenvalue weighted by atomic mass is 32.2. The van der Waals surface area contributed by atoms with E-state index in [-0.39, 0.29) is 5.91 Å². The van der Waals surface area contributed by atoms with Crippen LogP contribution < -0.4 is 5.32 Å². The van der Waals surface area contributed by atoms with Crippen molar-refractivity contribution in [3.8, 4) is 0 Å². The van der Waals surface area contributed by atoms with Crippen LogP contribution >= 0.6 is 0 Å². The van der Waals surface area contributed by atoms with Crippen LogP contribution in [0.15, 0.2) is 59.5 Å². The first kappa shape index (κ1) is 19.1. The summed E-state index contributed by atoms with van der Waals surface area (Å²) in [6.45, 7) is 3.56. The van der Waals surface area contributed by atoms with Gasteiger partial charge in [-0.1, -0.05) is 48.0 Å². The van der Waals surface area contributed by atoms with E-state index in [0.717, 1.165) is 11.1 Å². The summed E-state index contributed by atoms with van der Waals surface area (Å²) in [6.07, 6.45) is 1.16. The number of nitrogens with one attached hydrogen (secondary N) is 1. The lowest BCUT2D eigenvalue weighted by Crippen LogP contribution is -2.58. The van der Waals surface area contributed by atoms with E-state index in [0.29, 0.717) is 43.9 Å². The van der Waals surface area contributed by atoms with Crippen molar-refractivity contribution in [1.82, 2.24) is 14.5 Å². The fourth-order valence-electron chi connectivity index (χ4n) is 4.08. The van der Waals surface area contributed by atoms with Gasteiger partial charge in [0, 0.05) is 19.6 Å². The van der Waals surface area contributed by atoms with Gasteiger partial charge in [0.05, 0.1) is 17.1 Å². The first-order valence-corrected chi connectivity index (χ1v) is 11.0. The number of benzene rings is 2. The molecule has 2 aliphatic rings. The number of hydrogen-bond acceptors (Lipinski definition) is 4. The van der Waals surface area contributed by atoms with Crippen molar-refractivity contribution >= 4 is 15.9 Å². The molecule has 0 atom stereocenters. The predicted molar refractivity (Wildman–Crippen MR) is 107 cm³/mol. The van der Waals surface area contributed by atoms with Gasteiger partial charge in [0.25, 0.3) is 0 Å². The van der Waals surface area contributed by atoms with Crippen LogP contribution in [0.2, 0.25) is 0 Å². The maximum atomic E-state index is 13.0. The predicted octanol–water partition coefficient (Wildman–Crippen LogP) is 2.11. The Morgan fingerprint density at radius 2 is 1.64 bits per heavy atom. The molecule has 1 amide bonds. The van der Waals surface area contributed by atoms with Crippen LogP contribution in [-0.2, 0) is 21.4 Å². The van der Waals surface area contributed by atoms with Crippen molar-refractivity contribution in [2.45, 2.75) is 36.9 Å². The molecule has 2 fully saturated rings. The molecule has 2 aliphatic heterocycles. The quantitative estimate of drug-likeness (QED) is 0.855. The molecule has 7 heteroatoms. The molecule has 4 rings (SSSR count). The highest BCUT2D eigenvalue weighted by Gasteiger charge is 2.48. The average Bonchev–Trinajstić information content (AvgIpc) is 2.99. The first-order valence-electron chi connectivity index (χ1n) is 9.57. The smallest absolute Gasteiger partial charge is 0.243 e. The maximum Gasteiger partial charge on any atom is 0.243 e. The minimum atomic E-state index is -3.51. The molecule has 148 valence electrons. The summed E-state index contributed by atoms with van der Waals surface area (Å²) < 4.78 is 27.5. The van der Waals surface area contributed by atoms with Crippen LogP contribution in [0.5, 0.6) is 0 Å². The van der Waals surface area contributed by atoms with Gasteiger partial charge in [-0.25, -0.2) is 8.42 Å². The third-order valence-electron chi connectivity index (χ3n) is 5.78. The topological polar surface area (TPSA) is 69.7 Å². The number of amides is 1. The molecule has 0 bridgehead atoms. The third kappa shape index (κ3) is 3.45. The second kappa shape index (κ2) is 7.31. The number of hydrogen-bond donors (Lipinski definition) is 1. The van der Waals surface area contributed by atoms with E-state index >= 15 is 0 Å². The molecule has 2 aromatic rings. The number of aryl methyl sites for hydroxylation is 1. The minimum Gasteiger partial charge on any atom is -0.319 e. The number of sulfonamides is 1. The van der Waals surface area contributed by atoms with Crippen molar-refractivity contribution in [2.75, 3.05) is 19.6 Å².